The van der Waals surface area contributed by atoms with Gasteiger partial charge in [0.15, 0.2) is 0 Å². The van der Waals surface area contributed by atoms with Gasteiger partial charge in [0.25, 0.3) is 5.91 Å². The molecule has 1 N–H and O–H groups in total. The Morgan fingerprint density at radius 2 is 2.29 bits per heavy atom. The number of carbonyl (C=O) groups is 1. The zero-order valence-electron chi connectivity index (χ0n) is 11.8. The third-order valence-corrected chi connectivity index (χ3v) is 2.95. The third-order valence-electron chi connectivity index (χ3n) is 2.95. The van der Waals surface area contributed by atoms with Gasteiger partial charge in [0.05, 0.1) is 10.6 Å². The molecule has 2 aromatic heterocycles. The molecule has 0 aromatic carbocycles. The van der Waals surface area contributed by atoms with Gasteiger partial charge >= 0.3 is 5.69 Å². The van der Waals surface area contributed by atoms with Crippen LogP contribution in [-0.2, 0) is 13.6 Å². The molecule has 0 spiro atoms. The lowest BCUT2D eigenvalue weighted by Gasteiger charge is -2.05. The maximum atomic E-state index is 12.0. The summed E-state index contributed by atoms with van der Waals surface area (Å²) in [4.78, 5) is 22.2. The summed E-state index contributed by atoms with van der Waals surface area (Å²) in [5.41, 5.74) is 0.595. The SMILES string of the molecule is Cc1ccn(CCCNC(=O)c2c([N+](=O)[O-])cnn2C)n1. The summed E-state index contributed by atoms with van der Waals surface area (Å²) < 4.78 is 2.98. The van der Waals surface area contributed by atoms with Crippen LogP contribution in [-0.4, -0.2) is 36.9 Å². The molecule has 112 valence electrons. The van der Waals surface area contributed by atoms with Crippen molar-refractivity contribution >= 4 is 11.6 Å². The standard InChI is InChI=1S/C12H16N6O3/c1-9-4-7-17(15-9)6-3-5-13-12(19)11-10(18(20)21)8-14-16(11)2/h4,7-8H,3,5-6H2,1-2H3,(H,13,19). The van der Waals surface area contributed by atoms with E-state index in [1.807, 2.05) is 19.2 Å². The first-order valence-electron chi connectivity index (χ1n) is 6.43. The summed E-state index contributed by atoms with van der Waals surface area (Å²) >= 11 is 0. The highest BCUT2D eigenvalue weighted by Crippen LogP contribution is 2.16. The number of rotatable bonds is 6. The largest absolute Gasteiger partial charge is 0.350 e. The van der Waals surface area contributed by atoms with Crippen molar-refractivity contribution in [3.63, 3.8) is 0 Å². The first kappa shape index (κ1) is 14.7. The Balaban J connectivity index is 1.87. The molecule has 2 aromatic rings. The van der Waals surface area contributed by atoms with Crippen LogP contribution in [0.25, 0.3) is 0 Å². The second-order valence-electron chi connectivity index (χ2n) is 4.59. The molecule has 0 aliphatic heterocycles. The fourth-order valence-electron chi connectivity index (χ4n) is 1.94. The van der Waals surface area contributed by atoms with E-state index >= 15 is 0 Å². The number of hydrogen-bond donors (Lipinski definition) is 1. The average molecular weight is 292 g/mol. The number of aryl methyl sites for hydroxylation is 3. The van der Waals surface area contributed by atoms with Gasteiger partial charge in [-0.15, -0.1) is 0 Å². The molecule has 21 heavy (non-hydrogen) atoms. The Labute approximate surface area is 120 Å². The maximum absolute atomic E-state index is 12.0. The predicted molar refractivity (Wildman–Crippen MR) is 73.8 cm³/mol. The van der Waals surface area contributed by atoms with Crippen LogP contribution < -0.4 is 5.32 Å². The van der Waals surface area contributed by atoms with E-state index in [0.717, 1.165) is 11.9 Å². The van der Waals surface area contributed by atoms with Crippen molar-refractivity contribution in [2.75, 3.05) is 6.54 Å². The van der Waals surface area contributed by atoms with Gasteiger partial charge in [0.2, 0.25) is 5.69 Å². The Hall–Kier alpha value is -2.71. The number of hydrogen-bond acceptors (Lipinski definition) is 5. The van der Waals surface area contributed by atoms with E-state index in [4.69, 9.17) is 0 Å². The van der Waals surface area contributed by atoms with Crippen molar-refractivity contribution in [1.82, 2.24) is 24.9 Å². The molecule has 0 fully saturated rings. The molecular weight excluding hydrogens is 276 g/mol. The van der Waals surface area contributed by atoms with Crippen molar-refractivity contribution in [2.24, 2.45) is 7.05 Å². The fraction of sp³-hybridized carbons (Fsp3) is 0.417. The molecule has 0 radical (unpaired) electrons. The summed E-state index contributed by atoms with van der Waals surface area (Å²) in [5.74, 6) is -0.502. The topological polar surface area (TPSA) is 108 Å². The zero-order chi connectivity index (χ0) is 15.4. The molecule has 0 bridgehead atoms. The van der Waals surface area contributed by atoms with Crippen molar-refractivity contribution in [2.45, 2.75) is 19.9 Å². The molecule has 0 saturated heterocycles. The average Bonchev–Trinajstić information content (AvgIpc) is 3.00. The van der Waals surface area contributed by atoms with Gasteiger partial charge < -0.3 is 5.32 Å². The van der Waals surface area contributed by atoms with Crippen LogP contribution in [0.1, 0.15) is 22.6 Å². The van der Waals surface area contributed by atoms with Crippen LogP contribution in [0.3, 0.4) is 0 Å². The molecule has 2 rings (SSSR count). The minimum atomic E-state index is -0.617. The predicted octanol–water partition coefficient (Wildman–Crippen LogP) is 0.653. The number of nitro groups is 1. The second-order valence-corrected chi connectivity index (χ2v) is 4.59. The van der Waals surface area contributed by atoms with Crippen LogP contribution in [0.15, 0.2) is 18.5 Å². The molecule has 0 aliphatic carbocycles. The lowest BCUT2D eigenvalue weighted by atomic mass is 10.3. The van der Waals surface area contributed by atoms with Crippen molar-refractivity contribution in [1.29, 1.82) is 0 Å². The van der Waals surface area contributed by atoms with E-state index in [-0.39, 0.29) is 11.4 Å². The van der Waals surface area contributed by atoms with Crippen LogP contribution in [0.2, 0.25) is 0 Å². The normalized spacial score (nSPS) is 10.6. The highest BCUT2D eigenvalue weighted by molar-refractivity contribution is 5.96. The molecule has 0 saturated carbocycles. The highest BCUT2D eigenvalue weighted by Gasteiger charge is 2.24. The molecule has 1 amide bonds. The molecule has 2 heterocycles. The second kappa shape index (κ2) is 6.16. The molecule has 0 aliphatic rings. The Bertz CT molecular complexity index is 660. The number of amides is 1. The fourth-order valence-corrected chi connectivity index (χ4v) is 1.94. The monoisotopic (exact) mass is 292 g/mol. The summed E-state index contributed by atoms with van der Waals surface area (Å²) in [6.45, 7) is 2.97. The number of aromatic nitrogens is 4. The quantitative estimate of drug-likeness (QED) is 0.478. The lowest BCUT2D eigenvalue weighted by molar-refractivity contribution is -0.385. The summed E-state index contributed by atoms with van der Waals surface area (Å²) in [6, 6.07) is 1.90. The highest BCUT2D eigenvalue weighted by atomic mass is 16.6. The Morgan fingerprint density at radius 3 is 2.90 bits per heavy atom. The van der Waals surface area contributed by atoms with Crippen molar-refractivity contribution in [3.05, 3.63) is 40.0 Å². The summed E-state index contributed by atoms with van der Waals surface area (Å²) in [7, 11) is 1.49. The summed E-state index contributed by atoms with van der Waals surface area (Å²) in [5, 5.41) is 21.4. The van der Waals surface area contributed by atoms with Crippen LogP contribution in [0.4, 0.5) is 5.69 Å². The van der Waals surface area contributed by atoms with E-state index in [1.54, 1.807) is 4.68 Å². The van der Waals surface area contributed by atoms with Gasteiger partial charge in [-0.25, -0.2) is 0 Å². The lowest BCUT2D eigenvalue weighted by Crippen LogP contribution is -2.28. The van der Waals surface area contributed by atoms with E-state index in [1.165, 1.54) is 11.7 Å². The van der Waals surface area contributed by atoms with Gasteiger partial charge in [0, 0.05) is 26.3 Å². The zero-order valence-corrected chi connectivity index (χ0v) is 11.8. The van der Waals surface area contributed by atoms with Crippen LogP contribution >= 0.6 is 0 Å². The minimum absolute atomic E-state index is 0.0464. The summed E-state index contributed by atoms with van der Waals surface area (Å²) in [6.07, 6.45) is 3.61. The number of nitrogens with one attached hydrogen (secondary N) is 1. The Kier molecular flexibility index (Phi) is 4.31. The first-order valence-corrected chi connectivity index (χ1v) is 6.43. The van der Waals surface area contributed by atoms with E-state index < -0.39 is 10.8 Å². The van der Waals surface area contributed by atoms with Gasteiger partial charge in [-0.1, -0.05) is 0 Å². The number of carbonyl (C=O) groups excluding carboxylic acids is 1. The maximum Gasteiger partial charge on any atom is 0.320 e. The van der Waals surface area contributed by atoms with Gasteiger partial charge in [-0.05, 0) is 19.4 Å². The smallest absolute Gasteiger partial charge is 0.320 e. The molecular formula is C12H16N6O3. The first-order chi connectivity index (χ1) is 9.99. The molecule has 9 nitrogen and oxygen atoms in total. The van der Waals surface area contributed by atoms with Crippen molar-refractivity contribution < 1.29 is 9.72 Å². The third kappa shape index (κ3) is 3.44. The molecule has 0 atom stereocenters. The van der Waals surface area contributed by atoms with Crippen LogP contribution in [0.5, 0.6) is 0 Å². The van der Waals surface area contributed by atoms with Gasteiger partial charge in [0.1, 0.15) is 6.20 Å². The number of nitrogens with zero attached hydrogens (tertiary/aromatic N) is 5. The Morgan fingerprint density at radius 1 is 1.52 bits per heavy atom. The van der Waals surface area contributed by atoms with Gasteiger partial charge in [-0.2, -0.15) is 10.2 Å². The van der Waals surface area contributed by atoms with E-state index in [0.29, 0.717) is 19.5 Å². The molecule has 0 unspecified atom stereocenters. The molecule has 9 heteroatoms. The van der Waals surface area contributed by atoms with E-state index in [2.05, 4.69) is 15.5 Å². The van der Waals surface area contributed by atoms with E-state index in [9.17, 15) is 14.9 Å². The minimum Gasteiger partial charge on any atom is -0.350 e. The van der Waals surface area contributed by atoms with Gasteiger partial charge in [-0.3, -0.25) is 24.3 Å². The van der Waals surface area contributed by atoms with Crippen molar-refractivity contribution in [3.8, 4) is 0 Å². The van der Waals surface area contributed by atoms with Crippen LogP contribution in [0, 0.1) is 17.0 Å².